The van der Waals surface area contributed by atoms with Gasteiger partial charge in [-0.3, -0.25) is 0 Å². The topological polar surface area (TPSA) is 34.6 Å². The van der Waals surface area contributed by atoms with E-state index in [9.17, 15) is 0 Å². The monoisotopic (exact) mass is 264 g/mol. The fourth-order valence-corrected chi connectivity index (χ4v) is 2.76. The summed E-state index contributed by atoms with van der Waals surface area (Å²) in [4.78, 5) is 6.82. The molecule has 106 valence electrons. The lowest BCUT2D eigenvalue weighted by atomic mass is 10.1. The summed E-state index contributed by atoms with van der Waals surface area (Å²) in [6.45, 7) is 7.83. The Hall–Kier alpha value is -1.29. The van der Waals surface area contributed by atoms with Gasteiger partial charge in [0.2, 0.25) is 0 Å². The molecule has 0 N–H and O–H groups in total. The zero-order chi connectivity index (χ0) is 13.8. The van der Waals surface area contributed by atoms with Crippen molar-refractivity contribution in [2.24, 2.45) is 0 Å². The molecule has 1 saturated heterocycles. The zero-order valence-electron chi connectivity index (χ0n) is 12.3. The van der Waals surface area contributed by atoms with E-state index in [0.717, 1.165) is 37.6 Å². The molecule has 4 nitrogen and oxygen atoms in total. The molecule has 0 saturated carbocycles. The van der Waals surface area contributed by atoms with Gasteiger partial charge in [-0.05, 0) is 24.5 Å². The average molecular weight is 264 g/mol. The van der Waals surface area contributed by atoms with Crippen molar-refractivity contribution in [3.8, 4) is 5.75 Å². The Kier molecular flexibility index (Phi) is 4.64. The van der Waals surface area contributed by atoms with Crippen LogP contribution in [-0.4, -0.2) is 37.4 Å². The van der Waals surface area contributed by atoms with Crippen molar-refractivity contribution in [3.63, 3.8) is 0 Å². The summed E-state index contributed by atoms with van der Waals surface area (Å²) in [7, 11) is 1.78. The van der Waals surface area contributed by atoms with Crippen molar-refractivity contribution in [1.29, 1.82) is 0 Å². The van der Waals surface area contributed by atoms with Crippen LogP contribution >= 0.6 is 0 Å². The highest BCUT2D eigenvalue weighted by Gasteiger charge is 2.38. The summed E-state index contributed by atoms with van der Waals surface area (Å²) in [5.41, 5.74) is 1.24. The maximum atomic E-state index is 5.89. The molecule has 4 heteroatoms. The van der Waals surface area contributed by atoms with E-state index in [1.165, 1.54) is 5.56 Å². The molecule has 3 heterocycles. The normalized spacial score (nSPS) is 23.9. The van der Waals surface area contributed by atoms with Crippen LogP contribution in [-0.2, 0) is 11.2 Å². The first-order chi connectivity index (χ1) is 9.33. The third-order valence-electron chi connectivity index (χ3n) is 3.75. The molecule has 0 amide bonds. The predicted octanol–water partition coefficient (Wildman–Crippen LogP) is 2.66. The maximum Gasteiger partial charge on any atom is 0.172 e. The van der Waals surface area contributed by atoms with Gasteiger partial charge in [0, 0.05) is 19.9 Å². The third-order valence-corrected chi connectivity index (χ3v) is 3.75. The molecule has 0 aliphatic carbocycles. The zero-order valence-corrected chi connectivity index (χ0v) is 12.3. The van der Waals surface area contributed by atoms with E-state index in [1.54, 1.807) is 7.11 Å². The fourth-order valence-electron chi connectivity index (χ4n) is 2.76. The Bertz CT molecular complexity index is 423. The molecule has 0 spiro atoms. The maximum absolute atomic E-state index is 5.89. The van der Waals surface area contributed by atoms with Crippen LogP contribution in [0.5, 0.6) is 5.75 Å². The van der Waals surface area contributed by atoms with Crippen LogP contribution in [0.15, 0.2) is 12.3 Å². The minimum atomic E-state index is 0.307. The average Bonchev–Trinajstić information content (AvgIpc) is 2.92. The molecule has 3 rings (SSSR count). The van der Waals surface area contributed by atoms with Crippen LogP contribution in [0.4, 0.5) is 5.82 Å². The van der Waals surface area contributed by atoms with Gasteiger partial charge in [-0.15, -0.1) is 0 Å². The smallest absolute Gasteiger partial charge is 0.172 e. The minimum absolute atomic E-state index is 0.307. The summed E-state index contributed by atoms with van der Waals surface area (Å²) in [6, 6.07) is 2.47. The predicted molar refractivity (Wildman–Crippen MR) is 77.0 cm³/mol. The number of fused-ring (bicyclic) bond motifs is 3. The van der Waals surface area contributed by atoms with E-state index in [-0.39, 0.29) is 0 Å². The van der Waals surface area contributed by atoms with Crippen LogP contribution in [0, 0.1) is 0 Å². The second kappa shape index (κ2) is 6.24. The van der Waals surface area contributed by atoms with Crippen LogP contribution in [0.2, 0.25) is 0 Å². The van der Waals surface area contributed by atoms with E-state index in [1.807, 2.05) is 26.1 Å². The molecule has 2 unspecified atom stereocenters. The second-order valence-electron chi connectivity index (χ2n) is 4.69. The van der Waals surface area contributed by atoms with Crippen molar-refractivity contribution in [2.45, 2.75) is 45.8 Å². The number of hydrogen-bond acceptors (Lipinski definition) is 4. The van der Waals surface area contributed by atoms with Gasteiger partial charge in [0.05, 0.1) is 12.1 Å². The number of anilines is 1. The minimum Gasteiger partial charge on any atom is -0.487 e. The molecule has 1 fully saturated rings. The Morgan fingerprint density at radius 2 is 2.26 bits per heavy atom. The lowest BCUT2D eigenvalue weighted by molar-refractivity contribution is 0.116. The van der Waals surface area contributed by atoms with Crippen molar-refractivity contribution in [2.75, 3.05) is 25.2 Å². The van der Waals surface area contributed by atoms with Gasteiger partial charge in [-0.1, -0.05) is 20.8 Å². The van der Waals surface area contributed by atoms with Crippen LogP contribution in [0.25, 0.3) is 0 Å². The van der Waals surface area contributed by atoms with E-state index in [0.29, 0.717) is 12.1 Å². The van der Waals surface area contributed by atoms with Gasteiger partial charge in [0.1, 0.15) is 6.61 Å². The number of ether oxygens (including phenoxy) is 2. The fraction of sp³-hybridized carbons (Fsp3) is 0.667. The van der Waals surface area contributed by atoms with E-state index < -0.39 is 0 Å². The van der Waals surface area contributed by atoms with Gasteiger partial charge in [0.25, 0.3) is 0 Å². The highest BCUT2D eigenvalue weighted by molar-refractivity contribution is 5.59. The molecule has 19 heavy (non-hydrogen) atoms. The van der Waals surface area contributed by atoms with Gasteiger partial charge in [0.15, 0.2) is 11.6 Å². The van der Waals surface area contributed by atoms with Crippen molar-refractivity contribution in [1.82, 2.24) is 4.98 Å². The number of pyridine rings is 1. The van der Waals surface area contributed by atoms with E-state index >= 15 is 0 Å². The highest BCUT2D eigenvalue weighted by Crippen LogP contribution is 2.39. The Morgan fingerprint density at radius 1 is 1.47 bits per heavy atom. The SMILES string of the molecule is CC.CCc1ccnc2c1OCC1CC(OC)CN21. The lowest BCUT2D eigenvalue weighted by Gasteiger charge is -2.32. The molecular formula is C15H24N2O2. The van der Waals surface area contributed by atoms with Gasteiger partial charge >= 0.3 is 0 Å². The molecule has 0 bridgehead atoms. The summed E-state index contributed by atoms with van der Waals surface area (Å²) in [6.07, 6.45) is 4.20. The molecular weight excluding hydrogens is 240 g/mol. The van der Waals surface area contributed by atoms with Crippen molar-refractivity contribution >= 4 is 5.82 Å². The number of rotatable bonds is 2. The first-order valence-electron chi connectivity index (χ1n) is 7.23. The first-order valence-corrected chi connectivity index (χ1v) is 7.23. The van der Waals surface area contributed by atoms with Gasteiger partial charge in [-0.2, -0.15) is 0 Å². The van der Waals surface area contributed by atoms with Crippen LogP contribution < -0.4 is 9.64 Å². The number of methoxy groups -OCH3 is 1. The molecule has 2 atom stereocenters. The summed E-state index contributed by atoms with van der Waals surface area (Å²) in [5.74, 6) is 1.98. The van der Waals surface area contributed by atoms with Crippen LogP contribution in [0.1, 0.15) is 32.8 Å². The van der Waals surface area contributed by atoms with E-state index in [4.69, 9.17) is 9.47 Å². The lowest BCUT2D eigenvalue weighted by Crippen LogP contribution is -2.39. The number of nitrogens with zero attached hydrogens (tertiary/aromatic N) is 2. The molecule has 2 aliphatic rings. The van der Waals surface area contributed by atoms with Crippen molar-refractivity contribution < 1.29 is 9.47 Å². The quantitative estimate of drug-likeness (QED) is 0.822. The van der Waals surface area contributed by atoms with E-state index in [2.05, 4.69) is 16.8 Å². The number of aromatic nitrogens is 1. The standard InChI is InChI=1S/C13H18N2O2.C2H6/c1-3-9-4-5-14-13-12(9)17-8-10-6-11(16-2)7-15(10)13;1-2/h4-5,10-11H,3,6-8H2,1-2H3;1-2H3. The molecule has 0 radical (unpaired) electrons. The number of aryl methyl sites for hydroxylation is 1. The van der Waals surface area contributed by atoms with Gasteiger partial charge in [-0.25, -0.2) is 4.98 Å². The second-order valence-corrected chi connectivity index (χ2v) is 4.69. The highest BCUT2D eigenvalue weighted by atomic mass is 16.5. The van der Waals surface area contributed by atoms with Crippen LogP contribution in [0.3, 0.4) is 0 Å². The third kappa shape index (κ3) is 2.54. The Morgan fingerprint density at radius 3 is 2.95 bits per heavy atom. The van der Waals surface area contributed by atoms with Gasteiger partial charge < -0.3 is 14.4 Å². The Balaban J connectivity index is 0.000000637. The molecule has 1 aromatic heterocycles. The largest absolute Gasteiger partial charge is 0.487 e. The summed E-state index contributed by atoms with van der Waals surface area (Å²) in [5, 5.41) is 0. The molecule has 2 aliphatic heterocycles. The number of hydrogen-bond donors (Lipinski definition) is 0. The first kappa shape index (κ1) is 14.1. The molecule has 0 aromatic carbocycles. The molecule has 1 aromatic rings. The van der Waals surface area contributed by atoms with Crippen molar-refractivity contribution in [3.05, 3.63) is 17.8 Å². The Labute approximate surface area is 115 Å². The summed E-state index contributed by atoms with van der Waals surface area (Å²) >= 11 is 0. The summed E-state index contributed by atoms with van der Waals surface area (Å²) < 4.78 is 11.3.